The van der Waals surface area contributed by atoms with E-state index in [1.165, 1.54) is 17.4 Å². The zero-order valence-electron chi connectivity index (χ0n) is 13.7. The van der Waals surface area contributed by atoms with Crippen molar-refractivity contribution >= 4 is 33.2 Å². The number of amides is 1. The molecule has 0 bridgehead atoms. The number of hydrogen-bond donors (Lipinski definition) is 1. The summed E-state index contributed by atoms with van der Waals surface area (Å²) in [5.74, 6) is 0.333. The van der Waals surface area contributed by atoms with Crippen molar-refractivity contribution < 1.29 is 9.21 Å². The van der Waals surface area contributed by atoms with Gasteiger partial charge in [0.15, 0.2) is 4.96 Å². The highest BCUT2D eigenvalue weighted by Gasteiger charge is 2.15. The fourth-order valence-electron chi connectivity index (χ4n) is 2.68. The molecule has 3 heterocycles. The number of nitrogens with zero attached hydrogens (tertiary/aromatic N) is 2. The predicted octanol–water partition coefficient (Wildman–Crippen LogP) is 3.05. The minimum atomic E-state index is -0.319. The number of carbonyl (C=O) groups is 1. The summed E-state index contributed by atoms with van der Waals surface area (Å²) >= 11 is 1.19. The van der Waals surface area contributed by atoms with Crippen LogP contribution in [0.4, 0.5) is 0 Å². The van der Waals surface area contributed by atoms with Gasteiger partial charge in [-0.15, -0.1) is 0 Å². The van der Waals surface area contributed by atoms with Gasteiger partial charge in [-0.25, -0.2) is 4.98 Å². The zero-order valence-corrected chi connectivity index (χ0v) is 14.5. The molecule has 0 atom stereocenters. The Kier molecular flexibility index (Phi) is 3.65. The van der Waals surface area contributed by atoms with Gasteiger partial charge in [0.2, 0.25) is 0 Å². The van der Waals surface area contributed by atoms with Crippen LogP contribution in [-0.2, 0) is 6.54 Å². The molecule has 25 heavy (non-hydrogen) atoms. The van der Waals surface area contributed by atoms with Crippen molar-refractivity contribution in [3.63, 3.8) is 0 Å². The summed E-state index contributed by atoms with van der Waals surface area (Å²) in [6.07, 6.45) is 1.55. The molecular weight excluding hydrogens is 338 g/mol. The third-order valence-corrected chi connectivity index (χ3v) is 5.12. The van der Waals surface area contributed by atoms with Crippen LogP contribution < -0.4 is 10.9 Å². The molecular formula is C18H15N3O3S. The van der Waals surface area contributed by atoms with Gasteiger partial charge in [0, 0.05) is 6.07 Å². The summed E-state index contributed by atoms with van der Waals surface area (Å²) in [4.78, 5) is 30.2. The number of furan rings is 1. The first-order valence-electron chi connectivity index (χ1n) is 7.77. The SMILES string of the molecule is Cc1cc2nc3sc(C(=O)NCc4ccco4)cc(=O)n3c2cc1C. The largest absolute Gasteiger partial charge is 0.467 e. The minimum Gasteiger partial charge on any atom is -0.467 e. The molecule has 0 saturated carbocycles. The Morgan fingerprint density at radius 3 is 2.84 bits per heavy atom. The Bertz CT molecular complexity index is 1160. The summed E-state index contributed by atoms with van der Waals surface area (Å²) in [5.41, 5.74) is 3.47. The number of aryl methyl sites for hydroxylation is 2. The van der Waals surface area contributed by atoms with Gasteiger partial charge < -0.3 is 9.73 Å². The van der Waals surface area contributed by atoms with Crippen LogP contribution in [0.15, 0.2) is 45.8 Å². The second kappa shape index (κ2) is 5.86. The number of carbonyl (C=O) groups excluding carboxylic acids is 1. The Balaban J connectivity index is 1.75. The Morgan fingerprint density at radius 2 is 2.08 bits per heavy atom. The first-order valence-corrected chi connectivity index (χ1v) is 8.59. The van der Waals surface area contributed by atoms with E-state index in [9.17, 15) is 9.59 Å². The summed E-state index contributed by atoms with van der Waals surface area (Å²) in [6.45, 7) is 4.28. The predicted molar refractivity (Wildman–Crippen MR) is 96.2 cm³/mol. The van der Waals surface area contributed by atoms with Crippen molar-refractivity contribution in [1.82, 2.24) is 14.7 Å². The van der Waals surface area contributed by atoms with Crippen molar-refractivity contribution in [3.8, 4) is 0 Å². The molecule has 6 nitrogen and oxygen atoms in total. The lowest BCUT2D eigenvalue weighted by atomic mass is 10.1. The summed E-state index contributed by atoms with van der Waals surface area (Å²) in [7, 11) is 0. The topological polar surface area (TPSA) is 76.6 Å². The van der Waals surface area contributed by atoms with Gasteiger partial charge in [-0.05, 0) is 49.2 Å². The van der Waals surface area contributed by atoms with Crippen molar-refractivity contribution in [2.45, 2.75) is 20.4 Å². The van der Waals surface area contributed by atoms with Gasteiger partial charge in [-0.1, -0.05) is 11.3 Å². The maximum Gasteiger partial charge on any atom is 0.262 e. The van der Waals surface area contributed by atoms with E-state index in [2.05, 4.69) is 10.3 Å². The third-order valence-electron chi connectivity index (χ3n) is 4.14. The maximum atomic E-state index is 12.5. The van der Waals surface area contributed by atoms with E-state index in [4.69, 9.17) is 4.42 Å². The van der Waals surface area contributed by atoms with E-state index in [1.807, 2.05) is 26.0 Å². The number of benzene rings is 1. The fourth-order valence-corrected chi connectivity index (χ4v) is 3.62. The Morgan fingerprint density at radius 1 is 1.28 bits per heavy atom. The molecule has 0 radical (unpaired) electrons. The van der Waals surface area contributed by atoms with Crippen LogP contribution in [0.1, 0.15) is 26.6 Å². The summed E-state index contributed by atoms with van der Waals surface area (Å²) < 4.78 is 6.74. The molecule has 1 N–H and O–H groups in total. The van der Waals surface area contributed by atoms with Crippen molar-refractivity contribution in [3.05, 3.63) is 68.7 Å². The molecule has 0 spiro atoms. The van der Waals surface area contributed by atoms with Crippen LogP contribution in [0.2, 0.25) is 0 Å². The van der Waals surface area contributed by atoms with E-state index in [0.29, 0.717) is 15.6 Å². The van der Waals surface area contributed by atoms with E-state index in [0.717, 1.165) is 22.2 Å². The number of fused-ring (bicyclic) bond motifs is 3. The lowest BCUT2D eigenvalue weighted by molar-refractivity contribution is 0.0952. The summed E-state index contributed by atoms with van der Waals surface area (Å²) in [5, 5.41) is 2.75. The van der Waals surface area contributed by atoms with Gasteiger partial charge in [-0.2, -0.15) is 0 Å². The van der Waals surface area contributed by atoms with E-state index in [1.54, 1.807) is 22.8 Å². The standard InChI is InChI=1S/C18H15N3O3S/c1-10-6-13-14(7-11(10)2)21-16(22)8-15(25-18(21)20-13)17(23)19-9-12-4-3-5-24-12/h3-8H,9H2,1-2H3,(H,19,23). The highest BCUT2D eigenvalue weighted by Crippen LogP contribution is 2.22. The second-order valence-electron chi connectivity index (χ2n) is 5.87. The number of nitrogens with one attached hydrogen (secondary N) is 1. The van der Waals surface area contributed by atoms with Crippen LogP contribution in [0.5, 0.6) is 0 Å². The number of imidazole rings is 1. The van der Waals surface area contributed by atoms with Gasteiger partial charge in [-0.3, -0.25) is 14.0 Å². The molecule has 0 aliphatic heterocycles. The van der Waals surface area contributed by atoms with Crippen LogP contribution in [0, 0.1) is 13.8 Å². The van der Waals surface area contributed by atoms with Gasteiger partial charge in [0.1, 0.15) is 10.6 Å². The highest BCUT2D eigenvalue weighted by atomic mass is 32.1. The van der Waals surface area contributed by atoms with E-state index >= 15 is 0 Å². The first kappa shape index (κ1) is 15.6. The van der Waals surface area contributed by atoms with E-state index < -0.39 is 0 Å². The van der Waals surface area contributed by atoms with Gasteiger partial charge in [0.05, 0.1) is 23.8 Å². The molecule has 0 unspecified atom stereocenters. The average Bonchev–Trinajstić information content (AvgIpc) is 3.20. The third kappa shape index (κ3) is 2.72. The fraction of sp³-hybridized carbons (Fsp3) is 0.167. The monoisotopic (exact) mass is 353 g/mol. The first-order chi connectivity index (χ1) is 12.0. The maximum absolute atomic E-state index is 12.5. The van der Waals surface area contributed by atoms with Crippen LogP contribution in [-0.4, -0.2) is 15.3 Å². The molecule has 0 aliphatic carbocycles. The van der Waals surface area contributed by atoms with Crippen LogP contribution >= 0.6 is 11.3 Å². The lowest BCUT2D eigenvalue weighted by Crippen LogP contribution is -2.24. The van der Waals surface area contributed by atoms with Crippen molar-refractivity contribution in [2.75, 3.05) is 0 Å². The van der Waals surface area contributed by atoms with Crippen LogP contribution in [0.25, 0.3) is 16.0 Å². The molecule has 0 aliphatic rings. The normalized spacial score (nSPS) is 11.3. The Labute approximate surface area is 146 Å². The quantitative estimate of drug-likeness (QED) is 0.614. The molecule has 0 saturated heterocycles. The molecule has 126 valence electrons. The summed E-state index contributed by atoms with van der Waals surface area (Å²) in [6, 6.07) is 8.80. The molecule has 7 heteroatoms. The van der Waals surface area contributed by atoms with Crippen molar-refractivity contribution in [1.29, 1.82) is 0 Å². The zero-order chi connectivity index (χ0) is 17.6. The van der Waals surface area contributed by atoms with Crippen molar-refractivity contribution in [2.24, 2.45) is 0 Å². The molecule has 4 aromatic rings. The Hall–Kier alpha value is -2.93. The smallest absolute Gasteiger partial charge is 0.262 e. The second-order valence-corrected chi connectivity index (χ2v) is 6.87. The number of rotatable bonds is 3. The lowest BCUT2D eigenvalue weighted by Gasteiger charge is -2.03. The number of aromatic nitrogens is 2. The highest BCUT2D eigenvalue weighted by molar-refractivity contribution is 7.18. The van der Waals surface area contributed by atoms with Gasteiger partial charge in [0.25, 0.3) is 11.5 Å². The minimum absolute atomic E-state index is 0.261. The van der Waals surface area contributed by atoms with Gasteiger partial charge >= 0.3 is 0 Å². The average molecular weight is 353 g/mol. The number of hydrogen-bond acceptors (Lipinski definition) is 5. The van der Waals surface area contributed by atoms with E-state index in [-0.39, 0.29) is 18.0 Å². The molecule has 1 amide bonds. The molecule has 3 aromatic heterocycles. The molecule has 1 aromatic carbocycles. The molecule has 4 rings (SSSR count). The van der Waals surface area contributed by atoms with Crippen LogP contribution in [0.3, 0.4) is 0 Å². The molecule has 0 fully saturated rings.